The maximum atomic E-state index is 12.8. The van der Waals surface area contributed by atoms with Crippen LogP contribution >= 0.6 is 0 Å². The van der Waals surface area contributed by atoms with Crippen molar-refractivity contribution >= 4 is 17.7 Å². The lowest BCUT2D eigenvalue weighted by Gasteiger charge is -2.25. The van der Waals surface area contributed by atoms with Gasteiger partial charge in [-0.15, -0.1) is 0 Å². The number of nitrogens with one attached hydrogen (secondary N) is 1. The summed E-state index contributed by atoms with van der Waals surface area (Å²) in [7, 11) is 0. The fourth-order valence-electron chi connectivity index (χ4n) is 3.75. The van der Waals surface area contributed by atoms with Crippen LogP contribution in [-0.2, 0) is 4.79 Å². The minimum atomic E-state index is -0.442. The van der Waals surface area contributed by atoms with Gasteiger partial charge >= 0.3 is 0 Å². The molecule has 1 N–H and O–H groups in total. The van der Waals surface area contributed by atoms with E-state index in [2.05, 4.69) is 5.32 Å². The molecule has 7 heteroatoms. The van der Waals surface area contributed by atoms with Crippen molar-refractivity contribution in [3.63, 3.8) is 0 Å². The summed E-state index contributed by atoms with van der Waals surface area (Å²) in [5.41, 5.74) is 1.54. The molecule has 156 valence electrons. The van der Waals surface area contributed by atoms with Crippen molar-refractivity contribution in [3.8, 4) is 11.5 Å². The van der Waals surface area contributed by atoms with Crippen molar-refractivity contribution in [3.05, 3.63) is 59.2 Å². The first-order chi connectivity index (χ1) is 14.5. The van der Waals surface area contributed by atoms with Gasteiger partial charge in [-0.05, 0) is 35.7 Å². The summed E-state index contributed by atoms with van der Waals surface area (Å²) in [4.78, 5) is 38.8. The van der Waals surface area contributed by atoms with Gasteiger partial charge in [-0.25, -0.2) is 0 Å². The van der Waals surface area contributed by atoms with Crippen molar-refractivity contribution in [2.24, 2.45) is 5.92 Å². The largest absolute Gasteiger partial charge is 0.490 e. The third-order valence-electron chi connectivity index (χ3n) is 5.29. The first-order valence-electron chi connectivity index (χ1n) is 10.1. The van der Waals surface area contributed by atoms with E-state index in [1.165, 1.54) is 0 Å². The topological polar surface area (TPSA) is 84.9 Å². The molecule has 2 aromatic carbocycles. The molecule has 30 heavy (non-hydrogen) atoms. The Bertz CT molecular complexity index is 966. The minimum Gasteiger partial charge on any atom is -0.490 e. The lowest BCUT2D eigenvalue weighted by molar-refractivity contribution is -0.122. The van der Waals surface area contributed by atoms with E-state index in [0.717, 1.165) is 16.9 Å². The summed E-state index contributed by atoms with van der Waals surface area (Å²) in [5.74, 6) is 0.155. The molecule has 0 aromatic heterocycles. The number of rotatable bonds is 5. The number of hydrogen-bond acceptors (Lipinski definition) is 5. The van der Waals surface area contributed by atoms with Crippen molar-refractivity contribution < 1.29 is 23.9 Å². The van der Waals surface area contributed by atoms with E-state index in [4.69, 9.17) is 9.47 Å². The summed E-state index contributed by atoms with van der Waals surface area (Å²) in [6.45, 7) is 4.86. The monoisotopic (exact) mass is 408 g/mol. The predicted molar refractivity (Wildman–Crippen MR) is 110 cm³/mol. The number of fused-ring (bicyclic) bond motifs is 2. The molecular weight excluding hydrogens is 384 g/mol. The van der Waals surface area contributed by atoms with Crippen LogP contribution in [0, 0.1) is 5.92 Å². The highest BCUT2D eigenvalue weighted by molar-refractivity contribution is 6.22. The van der Waals surface area contributed by atoms with Gasteiger partial charge < -0.3 is 14.8 Å². The van der Waals surface area contributed by atoms with E-state index in [0.29, 0.717) is 35.8 Å². The highest BCUT2D eigenvalue weighted by Crippen LogP contribution is 2.34. The molecule has 2 aliphatic heterocycles. The molecule has 2 aliphatic rings. The molecule has 0 bridgehead atoms. The quantitative estimate of drug-likeness (QED) is 0.769. The molecule has 0 fully saturated rings. The van der Waals surface area contributed by atoms with Gasteiger partial charge in [0.2, 0.25) is 5.91 Å². The molecule has 0 saturated carbocycles. The van der Waals surface area contributed by atoms with E-state index >= 15 is 0 Å². The lowest BCUT2D eigenvalue weighted by Crippen LogP contribution is -2.42. The van der Waals surface area contributed by atoms with E-state index < -0.39 is 17.7 Å². The molecule has 3 amide bonds. The molecule has 0 spiro atoms. The van der Waals surface area contributed by atoms with Gasteiger partial charge in [0.1, 0.15) is 6.54 Å². The minimum absolute atomic E-state index is 0.0841. The Hall–Kier alpha value is -3.35. The summed E-state index contributed by atoms with van der Waals surface area (Å²) < 4.78 is 11.4. The number of nitrogens with zero attached hydrogens (tertiary/aromatic N) is 1. The van der Waals surface area contributed by atoms with Gasteiger partial charge in [-0.3, -0.25) is 19.3 Å². The number of hydrogen-bond donors (Lipinski definition) is 1. The first kappa shape index (κ1) is 19.9. The van der Waals surface area contributed by atoms with Crippen LogP contribution in [0.5, 0.6) is 11.5 Å². The van der Waals surface area contributed by atoms with Gasteiger partial charge in [-0.2, -0.15) is 0 Å². The van der Waals surface area contributed by atoms with Gasteiger partial charge in [0, 0.05) is 6.42 Å². The second kappa shape index (κ2) is 8.18. The maximum Gasteiger partial charge on any atom is 0.262 e. The SMILES string of the molecule is CC(C)[C@@H](NC(=O)CN1C(=O)c2ccccc2C1=O)c1ccc2c(c1)OCCCO2. The number of amides is 3. The van der Waals surface area contributed by atoms with Crippen LogP contribution < -0.4 is 14.8 Å². The van der Waals surface area contributed by atoms with Crippen molar-refractivity contribution in [2.45, 2.75) is 26.3 Å². The normalized spacial score (nSPS) is 16.3. The van der Waals surface area contributed by atoms with Crippen LogP contribution in [0.25, 0.3) is 0 Å². The summed E-state index contributed by atoms with van der Waals surface area (Å²) in [6.07, 6.45) is 0.814. The Labute approximate surface area is 175 Å². The summed E-state index contributed by atoms with van der Waals surface area (Å²) in [5, 5.41) is 2.97. The highest BCUT2D eigenvalue weighted by atomic mass is 16.5. The lowest BCUT2D eigenvalue weighted by atomic mass is 9.95. The molecule has 0 radical (unpaired) electrons. The van der Waals surface area contributed by atoms with Gasteiger partial charge in [-0.1, -0.05) is 32.0 Å². The molecular formula is C23H24N2O5. The Morgan fingerprint density at radius 1 is 1.00 bits per heavy atom. The van der Waals surface area contributed by atoms with Gasteiger partial charge in [0.05, 0.1) is 30.4 Å². The van der Waals surface area contributed by atoms with Crippen LogP contribution in [0.15, 0.2) is 42.5 Å². The Balaban J connectivity index is 1.49. The molecule has 0 aliphatic carbocycles. The smallest absolute Gasteiger partial charge is 0.262 e. The van der Waals surface area contributed by atoms with Crippen molar-refractivity contribution in [1.29, 1.82) is 0 Å². The molecule has 0 saturated heterocycles. The number of carbonyl (C=O) groups is 3. The van der Waals surface area contributed by atoms with Crippen molar-refractivity contribution in [1.82, 2.24) is 10.2 Å². The summed E-state index contributed by atoms with van der Waals surface area (Å²) in [6, 6.07) is 11.9. The van der Waals surface area contributed by atoms with E-state index in [-0.39, 0.29) is 18.5 Å². The zero-order valence-electron chi connectivity index (χ0n) is 17.0. The highest BCUT2D eigenvalue weighted by Gasteiger charge is 2.36. The van der Waals surface area contributed by atoms with Crippen LogP contribution in [0.3, 0.4) is 0 Å². The van der Waals surface area contributed by atoms with Crippen LogP contribution in [-0.4, -0.2) is 42.4 Å². The second-order valence-corrected chi connectivity index (χ2v) is 7.79. The average molecular weight is 408 g/mol. The number of imide groups is 1. The molecule has 2 heterocycles. The molecule has 4 rings (SSSR count). The second-order valence-electron chi connectivity index (χ2n) is 7.79. The third-order valence-corrected chi connectivity index (χ3v) is 5.29. The Kier molecular flexibility index (Phi) is 5.44. The number of benzene rings is 2. The third kappa shape index (κ3) is 3.75. The fourth-order valence-corrected chi connectivity index (χ4v) is 3.75. The average Bonchev–Trinajstić information content (AvgIpc) is 2.90. The van der Waals surface area contributed by atoms with Crippen molar-refractivity contribution in [2.75, 3.05) is 19.8 Å². The zero-order chi connectivity index (χ0) is 21.3. The first-order valence-corrected chi connectivity index (χ1v) is 10.1. The summed E-state index contributed by atoms with van der Waals surface area (Å²) >= 11 is 0. The molecule has 2 aromatic rings. The van der Waals surface area contributed by atoms with E-state index in [1.807, 2.05) is 32.0 Å². The Morgan fingerprint density at radius 3 is 2.27 bits per heavy atom. The van der Waals surface area contributed by atoms with Crippen LogP contribution in [0.4, 0.5) is 0 Å². The number of carbonyl (C=O) groups excluding carboxylic acids is 3. The van der Waals surface area contributed by atoms with Crippen LogP contribution in [0.1, 0.15) is 52.6 Å². The molecule has 7 nitrogen and oxygen atoms in total. The molecule has 0 unspecified atom stereocenters. The van der Waals surface area contributed by atoms with E-state index in [9.17, 15) is 14.4 Å². The zero-order valence-corrected chi connectivity index (χ0v) is 17.0. The fraction of sp³-hybridized carbons (Fsp3) is 0.348. The Morgan fingerprint density at radius 2 is 1.63 bits per heavy atom. The van der Waals surface area contributed by atoms with Gasteiger partial charge in [0.25, 0.3) is 11.8 Å². The standard InChI is InChI=1S/C23H24N2O5/c1-14(2)21(15-8-9-18-19(12-15)30-11-5-10-29-18)24-20(26)13-25-22(27)16-6-3-4-7-17(16)23(25)28/h3-4,6-9,12,14,21H,5,10-11,13H2,1-2H3,(H,24,26)/t21-/m1/s1. The van der Waals surface area contributed by atoms with E-state index in [1.54, 1.807) is 24.3 Å². The predicted octanol–water partition coefficient (Wildman–Crippen LogP) is 2.96. The molecule has 1 atom stereocenters. The number of ether oxygens (including phenoxy) is 2. The van der Waals surface area contributed by atoms with Crippen LogP contribution in [0.2, 0.25) is 0 Å². The van der Waals surface area contributed by atoms with Gasteiger partial charge in [0.15, 0.2) is 11.5 Å². The maximum absolute atomic E-state index is 12.8.